The molecular formula is C28H32N4O4. The molecular weight excluding hydrogens is 456 g/mol. The first-order chi connectivity index (χ1) is 17.3. The molecule has 1 N–H and O–H groups in total. The number of aromatic nitrogens is 3. The van der Waals surface area contributed by atoms with Gasteiger partial charge in [-0.15, -0.1) is 0 Å². The Morgan fingerprint density at radius 3 is 2.33 bits per heavy atom. The molecule has 0 bridgehead atoms. The molecule has 0 saturated heterocycles. The minimum atomic E-state index is -0.652. The summed E-state index contributed by atoms with van der Waals surface area (Å²) in [7, 11) is 1.29. The summed E-state index contributed by atoms with van der Waals surface area (Å²) in [5.74, 6) is 0.105. The number of nitrogens with one attached hydrogen (secondary N) is 1. The van der Waals surface area contributed by atoms with Gasteiger partial charge in [0, 0.05) is 6.54 Å². The fourth-order valence-corrected chi connectivity index (χ4v) is 4.64. The predicted molar refractivity (Wildman–Crippen MR) is 136 cm³/mol. The van der Waals surface area contributed by atoms with E-state index in [0.717, 1.165) is 21.4 Å². The average Bonchev–Trinajstić information content (AvgIpc) is 3.77. The molecule has 36 heavy (non-hydrogen) atoms. The molecule has 5 rings (SSSR count). The number of ether oxygens (including phenoxy) is 1. The lowest BCUT2D eigenvalue weighted by Crippen LogP contribution is -2.51. The maximum atomic E-state index is 13.5. The number of hydrogen-bond acceptors (Lipinski definition) is 5. The van der Waals surface area contributed by atoms with Gasteiger partial charge in [0.1, 0.15) is 0 Å². The third-order valence-corrected chi connectivity index (χ3v) is 7.04. The first-order valence-corrected chi connectivity index (χ1v) is 12.6. The third kappa shape index (κ3) is 5.12. The van der Waals surface area contributed by atoms with Gasteiger partial charge >= 0.3 is 17.3 Å². The number of esters is 1. The van der Waals surface area contributed by atoms with Crippen LogP contribution in [0.25, 0.3) is 0 Å². The molecule has 2 aromatic carbocycles. The Kier molecular flexibility index (Phi) is 6.51. The predicted octanol–water partition coefficient (Wildman–Crippen LogP) is 3.49. The van der Waals surface area contributed by atoms with Gasteiger partial charge in [0.2, 0.25) is 5.62 Å². The largest absolute Gasteiger partial charge is 0.469 e. The van der Waals surface area contributed by atoms with Crippen molar-refractivity contribution in [1.82, 2.24) is 14.1 Å². The van der Waals surface area contributed by atoms with Crippen LogP contribution < -0.4 is 17.0 Å². The number of carbonyl (C=O) groups is 1. The minimum absolute atomic E-state index is 0.0864. The molecule has 0 spiro atoms. The topological polar surface area (TPSA) is 98.4 Å². The fraction of sp³-hybridized carbons (Fsp3) is 0.429. The van der Waals surface area contributed by atoms with E-state index in [2.05, 4.69) is 17.1 Å². The van der Waals surface area contributed by atoms with Gasteiger partial charge in [0.05, 0.1) is 25.3 Å². The van der Waals surface area contributed by atoms with Crippen LogP contribution in [0.5, 0.6) is 0 Å². The molecule has 0 aliphatic heterocycles. The molecule has 0 radical (unpaired) electrons. The molecule has 1 heterocycles. The molecule has 3 aromatic rings. The molecule has 0 amide bonds. The van der Waals surface area contributed by atoms with Gasteiger partial charge in [-0.05, 0) is 73.3 Å². The lowest BCUT2D eigenvalue weighted by Gasteiger charge is -2.14. The molecule has 8 heteroatoms. The van der Waals surface area contributed by atoms with Crippen molar-refractivity contribution >= 4 is 11.7 Å². The molecule has 1 atom stereocenters. The van der Waals surface area contributed by atoms with Gasteiger partial charge in [0.15, 0.2) is 0 Å². The Morgan fingerprint density at radius 1 is 1.03 bits per heavy atom. The van der Waals surface area contributed by atoms with Crippen LogP contribution in [0.3, 0.4) is 0 Å². The van der Waals surface area contributed by atoms with Gasteiger partial charge in [-0.3, -0.25) is 14.3 Å². The van der Waals surface area contributed by atoms with Crippen LogP contribution in [0.2, 0.25) is 0 Å². The molecule has 2 fully saturated rings. The highest BCUT2D eigenvalue weighted by Gasteiger charge is 2.32. The number of rotatable bonds is 8. The van der Waals surface area contributed by atoms with Crippen LogP contribution in [-0.2, 0) is 22.6 Å². The standard InChI is InChI=1S/C28H32N4O4/c1-17-4-6-19(7-5-17)16-31-26(30-27(34)32(28(31)35)15-18(2)25(33)36-3)29-22-12-13-23(20-8-9-20)24(14-22)21-10-11-21/h4-7,12-14,18,20-21H,8-11,15-16H2,1-3H3,(H,29,30,34)/t18-/m0/s1. The summed E-state index contributed by atoms with van der Waals surface area (Å²) in [6.45, 7) is 3.77. The van der Waals surface area contributed by atoms with Crippen molar-refractivity contribution in [2.45, 2.75) is 64.5 Å². The summed E-state index contributed by atoms with van der Waals surface area (Å²) >= 11 is 0. The Morgan fingerprint density at radius 2 is 1.69 bits per heavy atom. The molecule has 2 aliphatic carbocycles. The van der Waals surface area contributed by atoms with Crippen molar-refractivity contribution < 1.29 is 9.53 Å². The monoisotopic (exact) mass is 488 g/mol. The van der Waals surface area contributed by atoms with Gasteiger partial charge in [-0.2, -0.15) is 0 Å². The molecule has 188 valence electrons. The summed E-state index contributed by atoms with van der Waals surface area (Å²) in [5.41, 5.74) is 4.57. The summed E-state index contributed by atoms with van der Waals surface area (Å²) in [4.78, 5) is 46.0. The Hall–Kier alpha value is -3.68. The van der Waals surface area contributed by atoms with E-state index >= 15 is 0 Å². The highest BCUT2D eigenvalue weighted by atomic mass is 16.5. The minimum Gasteiger partial charge on any atom is -0.469 e. The lowest BCUT2D eigenvalue weighted by atomic mass is 9.99. The van der Waals surface area contributed by atoms with Crippen LogP contribution in [0, 0.1) is 12.8 Å². The van der Waals surface area contributed by atoms with Crippen molar-refractivity contribution in [3.05, 3.63) is 91.3 Å². The average molecular weight is 489 g/mol. The van der Waals surface area contributed by atoms with Gasteiger partial charge < -0.3 is 4.74 Å². The van der Waals surface area contributed by atoms with Crippen LogP contribution in [0.15, 0.2) is 57.0 Å². The second-order valence-corrected chi connectivity index (χ2v) is 10.1. The second-order valence-electron chi connectivity index (χ2n) is 10.1. The van der Waals surface area contributed by atoms with Crippen LogP contribution in [0.4, 0.5) is 5.69 Å². The first-order valence-electron chi connectivity index (χ1n) is 12.6. The second kappa shape index (κ2) is 9.76. The maximum absolute atomic E-state index is 13.5. The van der Waals surface area contributed by atoms with E-state index in [9.17, 15) is 14.4 Å². The first kappa shape index (κ1) is 24.0. The third-order valence-electron chi connectivity index (χ3n) is 7.04. The van der Waals surface area contributed by atoms with Crippen LogP contribution >= 0.6 is 0 Å². The number of hydrogen-bond donors (Lipinski definition) is 1. The Labute approximate surface area is 209 Å². The molecule has 2 saturated carbocycles. The summed E-state index contributed by atoms with van der Waals surface area (Å²) in [6, 6.07) is 14.1. The summed E-state index contributed by atoms with van der Waals surface area (Å²) in [6.07, 6.45) is 4.87. The molecule has 8 nitrogen and oxygen atoms in total. The highest BCUT2D eigenvalue weighted by molar-refractivity contribution is 5.71. The number of benzene rings is 2. The molecule has 0 unspecified atom stereocenters. The molecule has 2 aliphatic rings. The van der Waals surface area contributed by atoms with Gasteiger partial charge in [-0.1, -0.05) is 42.8 Å². The normalized spacial score (nSPS) is 16.7. The Bertz CT molecular complexity index is 1470. The highest BCUT2D eigenvalue weighted by Crippen LogP contribution is 2.49. The van der Waals surface area contributed by atoms with Crippen LogP contribution in [-0.4, -0.2) is 27.2 Å². The van der Waals surface area contributed by atoms with Crippen molar-refractivity contribution in [2.24, 2.45) is 10.9 Å². The number of nitrogens with zero attached hydrogens (tertiary/aromatic N) is 3. The van der Waals surface area contributed by atoms with Crippen molar-refractivity contribution in [1.29, 1.82) is 0 Å². The fourth-order valence-electron chi connectivity index (χ4n) is 4.64. The maximum Gasteiger partial charge on any atom is 0.335 e. The Balaban J connectivity index is 1.61. The van der Waals surface area contributed by atoms with E-state index in [0.29, 0.717) is 11.8 Å². The van der Waals surface area contributed by atoms with E-state index in [1.54, 1.807) is 6.92 Å². The zero-order valence-electron chi connectivity index (χ0n) is 21.0. The number of carbonyl (C=O) groups excluding carboxylic acids is 1. The number of aromatic amines is 1. The van der Waals surface area contributed by atoms with E-state index < -0.39 is 23.3 Å². The summed E-state index contributed by atoms with van der Waals surface area (Å²) < 4.78 is 7.28. The van der Waals surface area contributed by atoms with E-state index in [1.807, 2.05) is 37.3 Å². The van der Waals surface area contributed by atoms with Gasteiger partial charge in [0.25, 0.3) is 0 Å². The van der Waals surface area contributed by atoms with E-state index in [-0.39, 0.29) is 18.7 Å². The number of H-pyrrole nitrogens is 1. The zero-order valence-corrected chi connectivity index (χ0v) is 21.0. The van der Waals surface area contributed by atoms with E-state index in [4.69, 9.17) is 9.73 Å². The quantitative estimate of drug-likeness (QED) is 0.491. The smallest absolute Gasteiger partial charge is 0.335 e. The lowest BCUT2D eigenvalue weighted by molar-refractivity contribution is -0.145. The zero-order chi connectivity index (χ0) is 25.4. The van der Waals surface area contributed by atoms with Crippen molar-refractivity contribution in [2.75, 3.05) is 7.11 Å². The summed E-state index contributed by atoms with van der Waals surface area (Å²) in [5, 5.41) is 0. The number of methoxy groups -OCH3 is 1. The molecule has 1 aromatic heterocycles. The van der Waals surface area contributed by atoms with Crippen molar-refractivity contribution in [3.63, 3.8) is 0 Å². The van der Waals surface area contributed by atoms with Crippen LogP contribution in [0.1, 0.15) is 66.7 Å². The van der Waals surface area contributed by atoms with Gasteiger partial charge in [-0.25, -0.2) is 19.1 Å². The van der Waals surface area contributed by atoms with E-state index in [1.165, 1.54) is 48.5 Å². The SMILES string of the molecule is COC(=O)[C@@H](C)Cn1c(=O)[nH]/c(=N\c2ccc(C3CC3)c(C3CC3)c2)n(Cc2ccc(C)cc2)c1=O. The number of aryl methyl sites for hydroxylation is 1. The van der Waals surface area contributed by atoms with Crippen molar-refractivity contribution in [3.8, 4) is 0 Å².